The van der Waals surface area contributed by atoms with E-state index in [2.05, 4.69) is 5.32 Å². The van der Waals surface area contributed by atoms with E-state index in [-0.39, 0.29) is 24.0 Å². The summed E-state index contributed by atoms with van der Waals surface area (Å²) in [6.07, 6.45) is 0. The van der Waals surface area contributed by atoms with Crippen molar-refractivity contribution < 1.29 is 29.0 Å². The molecule has 0 saturated heterocycles. The molecule has 3 aromatic carbocycles. The van der Waals surface area contributed by atoms with Gasteiger partial charge in [-0.05, 0) is 55.0 Å². The Bertz CT molecular complexity index is 1220. The molecule has 0 aliphatic heterocycles. The summed E-state index contributed by atoms with van der Waals surface area (Å²) in [6, 6.07) is 16.1. The molecule has 0 fully saturated rings. The van der Waals surface area contributed by atoms with Gasteiger partial charge in [-0.15, -0.1) is 0 Å². The number of ether oxygens (including phenoxy) is 1. The molecule has 9 heteroatoms. The number of ketones is 1. The molecule has 0 saturated carbocycles. The smallest absolute Gasteiger partial charge is 0.318 e. The molecule has 0 bridgehead atoms. The molecule has 168 valence electrons. The molecule has 9 nitrogen and oxygen atoms in total. The maximum atomic E-state index is 12.6. The first-order valence-corrected chi connectivity index (χ1v) is 9.81. The number of anilines is 1. The van der Waals surface area contributed by atoms with E-state index in [1.807, 2.05) is 5.32 Å². The van der Waals surface area contributed by atoms with Crippen LogP contribution >= 0.6 is 0 Å². The second-order valence-corrected chi connectivity index (χ2v) is 7.09. The highest BCUT2D eigenvalue weighted by Gasteiger charge is 2.13. The molecule has 0 spiro atoms. The molecule has 0 aliphatic carbocycles. The van der Waals surface area contributed by atoms with Gasteiger partial charge in [0.05, 0.1) is 0 Å². The molecule has 33 heavy (non-hydrogen) atoms. The van der Waals surface area contributed by atoms with E-state index in [0.29, 0.717) is 33.7 Å². The fraction of sp³-hybridized carbons (Fsp3) is 0.0833. The molecule has 3 rings (SSSR count). The lowest BCUT2D eigenvalue weighted by Crippen LogP contribution is -2.38. The van der Waals surface area contributed by atoms with Crippen LogP contribution in [0.3, 0.4) is 0 Å². The number of phenolic OH excluding ortho intramolecular Hbond substituents is 1. The molecular formula is C24H21N3O6. The van der Waals surface area contributed by atoms with Crippen molar-refractivity contribution in [2.45, 2.75) is 6.92 Å². The van der Waals surface area contributed by atoms with Crippen LogP contribution in [0.15, 0.2) is 66.7 Å². The van der Waals surface area contributed by atoms with Crippen LogP contribution in [0.25, 0.3) is 0 Å². The van der Waals surface area contributed by atoms with Crippen LogP contribution in [0.2, 0.25) is 0 Å². The van der Waals surface area contributed by atoms with Gasteiger partial charge in [0.25, 0.3) is 11.8 Å². The van der Waals surface area contributed by atoms with Crippen LogP contribution < -0.4 is 21.1 Å². The number of phenols is 1. The third-order valence-electron chi connectivity index (χ3n) is 4.60. The monoisotopic (exact) mass is 447 g/mol. The largest absolute Gasteiger partial charge is 0.508 e. The maximum Gasteiger partial charge on any atom is 0.318 e. The maximum absolute atomic E-state index is 12.6. The number of aryl methyl sites for hydroxylation is 1. The molecule has 3 aromatic rings. The van der Waals surface area contributed by atoms with E-state index in [9.17, 15) is 24.3 Å². The van der Waals surface area contributed by atoms with Gasteiger partial charge >= 0.3 is 6.03 Å². The highest BCUT2D eigenvalue weighted by atomic mass is 16.5. The Balaban J connectivity index is 1.63. The van der Waals surface area contributed by atoms with Crippen molar-refractivity contribution in [1.82, 2.24) is 5.32 Å². The summed E-state index contributed by atoms with van der Waals surface area (Å²) in [5.41, 5.74) is 7.17. The SMILES string of the molecule is Cc1cc(OCC(=O)NC(N)=O)ccc1NC(=O)c1ccc(C(=O)c2cccc(O)c2)cc1. The number of urea groups is 1. The van der Waals surface area contributed by atoms with Gasteiger partial charge in [0.1, 0.15) is 11.5 Å². The molecule has 0 unspecified atom stereocenters. The van der Waals surface area contributed by atoms with Crippen LogP contribution in [-0.2, 0) is 4.79 Å². The fourth-order valence-corrected chi connectivity index (χ4v) is 2.97. The first-order valence-electron chi connectivity index (χ1n) is 9.81. The fourth-order valence-electron chi connectivity index (χ4n) is 2.97. The van der Waals surface area contributed by atoms with Crippen LogP contribution in [0, 0.1) is 6.92 Å². The standard InChI is InChI=1S/C24H21N3O6/c1-14-11-19(33-13-21(29)27-24(25)32)9-10-20(14)26-23(31)16-7-5-15(6-8-16)22(30)17-3-2-4-18(28)12-17/h2-12,28H,13H2,1H3,(H,26,31)(H3,25,27,29,32). The first-order chi connectivity index (χ1) is 15.7. The third kappa shape index (κ3) is 6.17. The van der Waals surface area contributed by atoms with Gasteiger partial charge < -0.3 is 20.9 Å². The zero-order valence-corrected chi connectivity index (χ0v) is 17.6. The first kappa shape index (κ1) is 23.0. The number of primary amides is 1. The average Bonchev–Trinajstić information content (AvgIpc) is 2.78. The Morgan fingerprint density at radius 3 is 2.24 bits per heavy atom. The van der Waals surface area contributed by atoms with Gasteiger partial charge in [0, 0.05) is 22.4 Å². The van der Waals surface area contributed by atoms with E-state index >= 15 is 0 Å². The van der Waals surface area contributed by atoms with Crippen molar-refractivity contribution in [1.29, 1.82) is 0 Å². The molecule has 4 amide bonds. The number of rotatable bonds is 7. The quantitative estimate of drug-likeness (QED) is 0.409. The second kappa shape index (κ2) is 10.1. The van der Waals surface area contributed by atoms with Gasteiger partial charge in [-0.2, -0.15) is 0 Å². The van der Waals surface area contributed by atoms with E-state index < -0.39 is 11.9 Å². The number of aromatic hydroxyl groups is 1. The van der Waals surface area contributed by atoms with Crippen molar-refractivity contribution >= 4 is 29.3 Å². The Labute approximate surface area is 189 Å². The third-order valence-corrected chi connectivity index (χ3v) is 4.60. The summed E-state index contributed by atoms with van der Waals surface area (Å²) in [5, 5.41) is 14.2. The van der Waals surface area contributed by atoms with Crippen molar-refractivity contribution in [3.63, 3.8) is 0 Å². The minimum absolute atomic E-state index is 0.00226. The van der Waals surface area contributed by atoms with Gasteiger partial charge in [-0.25, -0.2) is 4.79 Å². The van der Waals surface area contributed by atoms with Crippen LogP contribution in [0.1, 0.15) is 31.8 Å². The highest BCUT2D eigenvalue weighted by molar-refractivity contribution is 6.10. The molecule has 0 aromatic heterocycles. The number of nitrogens with two attached hydrogens (primary N) is 1. The second-order valence-electron chi connectivity index (χ2n) is 7.09. The number of hydrogen-bond acceptors (Lipinski definition) is 6. The summed E-state index contributed by atoms with van der Waals surface area (Å²) < 4.78 is 5.29. The number of carbonyl (C=O) groups is 4. The zero-order valence-electron chi connectivity index (χ0n) is 17.6. The molecule has 0 aliphatic rings. The summed E-state index contributed by atoms with van der Waals surface area (Å²) in [6.45, 7) is 1.37. The predicted molar refractivity (Wildman–Crippen MR) is 120 cm³/mol. The number of amides is 4. The van der Waals surface area contributed by atoms with Gasteiger partial charge in [0.2, 0.25) is 0 Å². The summed E-state index contributed by atoms with van der Waals surface area (Å²) >= 11 is 0. The molecule has 0 atom stereocenters. The Morgan fingerprint density at radius 1 is 0.909 bits per heavy atom. The van der Waals surface area contributed by atoms with E-state index in [1.54, 1.807) is 49.4 Å². The Hall–Kier alpha value is -4.66. The number of carbonyl (C=O) groups excluding carboxylic acids is 4. The van der Waals surface area contributed by atoms with Crippen LogP contribution in [0.4, 0.5) is 10.5 Å². The molecule has 0 heterocycles. The molecule has 5 N–H and O–H groups in total. The van der Waals surface area contributed by atoms with Gasteiger partial charge in [-0.3, -0.25) is 19.7 Å². The number of nitrogens with one attached hydrogen (secondary N) is 2. The summed E-state index contributed by atoms with van der Waals surface area (Å²) in [7, 11) is 0. The Morgan fingerprint density at radius 2 is 1.61 bits per heavy atom. The van der Waals surface area contributed by atoms with Crippen molar-refractivity contribution in [3.05, 3.63) is 89.0 Å². The minimum atomic E-state index is -0.963. The van der Waals surface area contributed by atoms with E-state index in [0.717, 1.165) is 0 Å². The van der Waals surface area contributed by atoms with Crippen LogP contribution in [-0.4, -0.2) is 35.3 Å². The van der Waals surface area contributed by atoms with Gasteiger partial charge in [0.15, 0.2) is 12.4 Å². The normalized spacial score (nSPS) is 10.2. The predicted octanol–water partition coefficient (Wildman–Crippen LogP) is 2.76. The molecular weight excluding hydrogens is 426 g/mol. The number of hydrogen-bond donors (Lipinski definition) is 4. The minimum Gasteiger partial charge on any atom is -0.508 e. The average molecular weight is 447 g/mol. The highest BCUT2D eigenvalue weighted by Crippen LogP contribution is 2.22. The Kier molecular flexibility index (Phi) is 7.04. The van der Waals surface area contributed by atoms with Crippen molar-refractivity contribution in [3.8, 4) is 11.5 Å². The van der Waals surface area contributed by atoms with Crippen LogP contribution in [0.5, 0.6) is 11.5 Å². The summed E-state index contributed by atoms with van der Waals surface area (Å²) in [4.78, 5) is 47.2. The van der Waals surface area contributed by atoms with Crippen molar-refractivity contribution in [2.24, 2.45) is 5.73 Å². The summed E-state index contributed by atoms with van der Waals surface area (Å²) in [5.74, 6) is -0.946. The lowest BCUT2D eigenvalue weighted by atomic mass is 10.0. The van der Waals surface area contributed by atoms with E-state index in [1.165, 1.54) is 24.3 Å². The van der Waals surface area contributed by atoms with Gasteiger partial charge in [-0.1, -0.05) is 24.3 Å². The molecule has 0 radical (unpaired) electrons. The lowest BCUT2D eigenvalue weighted by molar-refractivity contribution is -0.121. The number of imide groups is 1. The number of benzene rings is 3. The van der Waals surface area contributed by atoms with E-state index in [4.69, 9.17) is 10.5 Å². The topological polar surface area (TPSA) is 148 Å². The lowest BCUT2D eigenvalue weighted by Gasteiger charge is -2.11. The van der Waals surface area contributed by atoms with Crippen molar-refractivity contribution in [2.75, 3.05) is 11.9 Å². The zero-order chi connectivity index (χ0) is 24.0.